The lowest BCUT2D eigenvalue weighted by molar-refractivity contribution is -0.137. The van der Waals surface area contributed by atoms with Crippen molar-refractivity contribution in [3.05, 3.63) is 29.3 Å². The largest absolute Gasteiger partial charge is 0.418 e. The van der Waals surface area contributed by atoms with Crippen LogP contribution in [0.5, 0.6) is 0 Å². The number of halogens is 3. The third-order valence-electron chi connectivity index (χ3n) is 2.37. The van der Waals surface area contributed by atoms with E-state index in [0.717, 1.165) is 6.07 Å². The summed E-state index contributed by atoms with van der Waals surface area (Å²) in [5, 5.41) is 9.64. The molecule has 0 saturated carbocycles. The van der Waals surface area contributed by atoms with Crippen molar-refractivity contribution in [1.29, 1.82) is 0 Å². The Bertz CT molecular complexity index is 363. The summed E-state index contributed by atoms with van der Waals surface area (Å²) in [6.45, 7) is 1.84. The van der Waals surface area contributed by atoms with Gasteiger partial charge in [0, 0.05) is 11.3 Å². The Balaban J connectivity index is 3.14. The molecule has 0 aliphatic heterocycles. The Morgan fingerprint density at radius 1 is 1.38 bits per heavy atom. The van der Waals surface area contributed by atoms with Crippen LogP contribution in [0, 0.1) is 0 Å². The molecule has 3 N–H and O–H groups in total. The van der Waals surface area contributed by atoms with Crippen LogP contribution in [0.3, 0.4) is 0 Å². The van der Waals surface area contributed by atoms with Crippen LogP contribution in [0.2, 0.25) is 0 Å². The molecule has 2 nitrogen and oxygen atoms in total. The molecule has 0 amide bonds. The highest BCUT2D eigenvalue weighted by Gasteiger charge is 2.34. The van der Waals surface area contributed by atoms with Crippen molar-refractivity contribution in [2.75, 3.05) is 5.73 Å². The van der Waals surface area contributed by atoms with Gasteiger partial charge in [0.2, 0.25) is 0 Å². The van der Waals surface area contributed by atoms with Crippen molar-refractivity contribution in [3.8, 4) is 0 Å². The number of hydrogen-bond acceptors (Lipinski definition) is 2. The van der Waals surface area contributed by atoms with Crippen molar-refractivity contribution in [2.24, 2.45) is 0 Å². The lowest BCUT2D eigenvalue weighted by Gasteiger charge is -2.16. The molecule has 1 rings (SSSR count). The lowest BCUT2D eigenvalue weighted by Crippen LogP contribution is -2.12. The van der Waals surface area contributed by atoms with E-state index in [9.17, 15) is 18.3 Å². The van der Waals surface area contributed by atoms with E-state index in [4.69, 9.17) is 5.73 Å². The molecule has 90 valence electrons. The third-order valence-corrected chi connectivity index (χ3v) is 2.37. The van der Waals surface area contributed by atoms with Gasteiger partial charge in [-0.1, -0.05) is 25.5 Å². The maximum absolute atomic E-state index is 12.5. The van der Waals surface area contributed by atoms with Crippen LogP contribution in [0.15, 0.2) is 18.2 Å². The van der Waals surface area contributed by atoms with Crippen molar-refractivity contribution in [3.63, 3.8) is 0 Å². The molecule has 0 saturated heterocycles. The number of hydrogen-bond donors (Lipinski definition) is 2. The Morgan fingerprint density at radius 2 is 2.00 bits per heavy atom. The zero-order valence-corrected chi connectivity index (χ0v) is 8.88. The summed E-state index contributed by atoms with van der Waals surface area (Å²) in [5.41, 5.74) is 4.30. The average molecular weight is 233 g/mol. The summed E-state index contributed by atoms with van der Waals surface area (Å²) >= 11 is 0. The van der Waals surface area contributed by atoms with Crippen LogP contribution in [-0.2, 0) is 6.18 Å². The molecule has 1 unspecified atom stereocenters. The Kier molecular flexibility index (Phi) is 3.80. The van der Waals surface area contributed by atoms with Crippen LogP contribution in [0.1, 0.15) is 37.0 Å². The second kappa shape index (κ2) is 4.74. The minimum Gasteiger partial charge on any atom is -0.398 e. The molecule has 0 fully saturated rings. The van der Waals surface area contributed by atoms with Crippen LogP contribution < -0.4 is 5.73 Å². The zero-order chi connectivity index (χ0) is 12.3. The number of nitrogen functional groups attached to an aromatic ring is 1. The summed E-state index contributed by atoms with van der Waals surface area (Å²) in [4.78, 5) is 0. The van der Waals surface area contributed by atoms with Gasteiger partial charge >= 0.3 is 6.18 Å². The standard InChI is InChI=1S/C11H14F3NO/c1-2-4-9(16)7-5-3-6-8(10(7)15)11(12,13)14/h3,5-6,9,16H,2,4,15H2,1H3. The van der Waals surface area contributed by atoms with Gasteiger partial charge in [-0.15, -0.1) is 0 Å². The van der Waals surface area contributed by atoms with Gasteiger partial charge in [0.1, 0.15) is 0 Å². The molecule has 1 aromatic carbocycles. The number of aliphatic hydroxyl groups is 1. The molecule has 0 radical (unpaired) electrons. The SMILES string of the molecule is CCCC(O)c1cccc(C(F)(F)F)c1N. The van der Waals surface area contributed by atoms with E-state index < -0.39 is 17.8 Å². The highest BCUT2D eigenvalue weighted by molar-refractivity contribution is 5.56. The second-order valence-corrected chi connectivity index (χ2v) is 3.61. The highest BCUT2D eigenvalue weighted by atomic mass is 19.4. The molecule has 0 heterocycles. The van der Waals surface area contributed by atoms with Gasteiger partial charge in [-0.25, -0.2) is 0 Å². The summed E-state index contributed by atoms with van der Waals surface area (Å²) in [7, 11) is 0. The van der Waals surface area contributed by atoms with Crippen molar-refractivity contribution >= 4 is 5.69 Å². The molecule has 0 bridgehead atoms. The summed E-state index contributed by atoms with van der Waals surface area (Å²) < 4.78 is 37.5. The van der Waals surface area contributed by atoms with E-state index in [-0.39, 0.29) is 11.3 Å². The first-order valence-corrected chi connectivity index (χ1v) is 5.01. The molecule has 0 aliphatic carbocycles. The minimum absolute atomic E-state index is 0.150. The topological polar surface area (TPSA) is 46.2 Å². The van der Waals surface area contributed by atoms with E-state index in [1.165, 1.54) is 12.1 Å². The monoisotopic (exact) mass is 233 g/mol. The van der Waals surface area contributed by atoms with E-state index in [1.54, 1.807) is 0 Å². The average Bonchev–Trinajstić information content (AvgIpc) is 2.16. The molecular formula is C11H14F3NO. The summed E-state index contributed by atoms with van der Waals surface area (Å²) in [6.07, 6.45) is -4.35. The summed E-state index contributed by atoms with van der Waals surface area (Å²) in [6, 6.07) is 3.59. The van der Waals surface area contributed by atoms with Gasteiger partial charge in [-0.2, -0.15) is 13.2 Å². The lowest BCUT2D eigenvalue weighted by atomic mass is 10.00. The minimum atomic E-state index is -4.48. The third kappa shape index (κ3) is 2.66. The fourth-order valence-corrected chi connectivity index (χ4v) is 1.55. The van der Waals surface area contributed by atoms with Crippen LogP contribution in [-0.4, -0.2) is 5.11 Å². The van der Waals surface area contributed by atoms with Gasteiger partial charge in [0.15, 0.2) is 0 Å². The molecule has 5 heteroatoms. The van der Waals surface area contributed by atoms with Crippen molar-refractivity contribution in [1.82, 2.24) is 0 Å². The van der Waals surface area contributed by atoms with Gasteiger partial charge in [-0.05, 0) is 12.5 Å². The molecule has 16 heavy (non-hydrogen) atoms. The number of alkyl halides is 3. The first-order valence-electron chi connectivity index (χ1n) is 5.01. The predicted octanol–water partition coefficient (Wildman–Crippen LogP) is 3.12. The molecule has 1 atom stereocenters. The van der Waals surface area contributed by atoms with Gasteiger partial charge < -0.3 is 10.8 Å². The number of anilines is 1. The quantitative estimate of drug-likeness (QED) is 0.788. The van der Waals surface area contributed by atoms with Crippen molar-refractivity contribution in [2.45, 2.75) is 32.0 Å². The van der Waals surface area contributed by atoms with E-state index in [0.29, 0.717) is 12.8 Å². The number of rotatable bonds is 3. The number of aliphatic hydroxyl groups excluding tert-OH is 1. The van der Waals surface area contributed by atoms with Crippen LogP contribution >= 0.6 is 0 Å². The molecule has 0 aliphatic rings. The molecule has 1 aromatic rings. The molecule has 0 spiro atoms. The van der Waals surface area contributed by atoms with Gasteiger partial charge in [0.25, 0.3) is 0 Å². The first kappa shape index (κ1) is 12.8. The van der Waals surface area contributed by atoms with Crippen LogP contribution in [0.25, 0.3) is 0 Å². The maximum atomic E-state index is 12.5. The fourth-order valence-electron chi connectivity index (χ4n) is 1.55. The fraction of sp³-hybridized carbons (Fsp3) is 0.455. The zero-order valence-electron chi connectivity index (χ0n) is 8.88. The smallest absolute Gasteiger partial charge is 0.398 e. The maximum Gasteiger partial charge on any atom is 0.418 e. The van der Waals surface area contributed by atoms with Crippen molar-refractivity contribution < 1.29 is 18.3 Å². The number of nitrogens with two attached hydrogens (primary N) is 1. The van der Waals surface area contributed by atoms with E-state index in [2.05, 4.69) is 0 Å². The van der Waals surface area contributed by atoms with Crippen LogP contribution in [0.4, 0.5) is 18.9 Å². The number of benzene rings is 1. The summed E-state index contributed by atoms with van der Waals surface area (Å²) in [5.74, 6) is 0. The van der Waals surface area contributed by atoms with E-state index >= 15 is 0 Å². The Labute approximate surface area is 91.9 Å². The highest BCUT2D eigenvalue weighted by Crippen LogP contribution is 2.37. The Hall–Kier alpha value is -1.23. The second-order valence-electron chi connectivity index (χ2n) is 3.61. The normalized spacial score (nSPS) is 13.8. The Morgan fingerprint density at radius 3 is 2.50 bits per heavy atom. The van der Waals surface area contributed by atoms with Gasteiger partial charge in [0.05, 0.1) is 11.7 Å². The first-order chi connectivity index (χ1) is 7.38. The van der Waals surface area contributed by atoms with Gasteiger partial charge in [-0.3, -0.25) is 0 Å². The molecule has 0 aromatic heterocycles. The predicted molar refractivity (Wildman–Crippen MR) is 55.7 cm³/mol. The molecular weight excluding hydrogens is 219 g/mol. The van der Waals surface area contributed by atoms with E-state index in [1.807, 2.05) is 6.92 Å². The number of para-hydroxylation sites is 1.